The average Bonchev–Trinajstić information content (AvgIpc) is 2.62. The van der Waals surface area contributed by atoms with Gasteiger partial charge in [0.1, 0.15) is 0 Å². The third kappa shape index (κ3) is 1.18. The quantitative estimate of drug-likeness (QED) is 0.706. The van der Waals surface area contributed by atoms with E-state index in [9.17, 15) is 0 Å². The molecule has 0 spiro atoms. The van der Waals surface area contributed by atoms with E-state index in [-0.39, 0.29) is 6.01 Å². The summed E-state index contributed by atoms with van der Waals surface area (Å²) in [4.78, 5) is 3.82. The van der Waals surface area contributed by atoms with Crippen molar-refractivity contribution in [2.45, 2.75) is 6.92 Å². The molecule has 0 aliphatic heterocycles. The maximum Gasteiger partial charge on any atom is 0.292 e. The van der Waals surface area contributed by atoms with E-state index in [1.165, 1.54) is 0 Å². The fourth-order valence-corrected chi connectivity index (χ4v) is 1.15. The molecule has 2 heterocycles. The highest BCUT2D eigenvalue weighted by molar-refractivity contribution is 5.58. The summed E-state index contributed by atoms with van der Waals surface area (Å²) in [6, 6.07) is 0.179. The van der Waals surface area contributed by atoms with Gasteiger partial charge in [-0.25, -0.2) is 4.98 Å². The van der Waals surface area contributed by atoms with E-state index in [1.54, 1.807) is 17.1 Å². The molecule has 0 aliphatic carbocycles. The molecule has 0 aliphatic rings. The minimum atomic E-state index is 0.179. The van der Waals surface area contributed by atoms with E-state index in [0.29, 0.717) is 5.76 Å². The zero-order valence-corrected chi connectivity index (χ0v) is 7.48. The number of aromatic nitrogens is 3. The molecule has 0 fully saturated rings. The van der Waals surface area contributed by atoms with Crippen molar-refractivity contribution in [1.29, 1.82) is 0 Å². The van der Waals surface area contributed by atoms with Crippen LogP contribution in [0.5, 0.6) is 0 Å². The fourth-order valence-electron chi connectivity index (χ4n) is 1.15. The summed E-state index contributed by atoms with van der Waals surface area (Å²) in [6.45, 7) is 1.96. The predicted octanol–water partition coefficient (Wildman–Crippen LogP) is 0.966. The van der Waals surface area contributed by atoms with Gasteiger partial charge in [0.25, 0.3) is 6.01 Å². The highest BCUT2D eigenvalue weighted by atomic mass is 16.4. The van der Waals surface area contributed by atoms with Crippen molar-refractivity contribution in [3.05, 3.63) is 18.1 Å². The summed E-state index contributed by atoms with van der Waals surface area (Å²) in [5.74, 6) is 0.656. The smallest absolute Gasteiger partial charge is 0.292 e. The van der Waals surface area contributed by atoms with Crippen LogP contribution in [0.1, 0.15) is 5.69 Å². The molecular weight excluding hydrogens is 168 g/mol. The molecule has 13 heavy (non-hydrogen) atoms. The number of rotatable bonds is 1. The lowest BCUT2D eigenvalue weighted by atomic mass is 10.2. The lowest BCUT2D eigenvalue weighted by Crippen LogP contribution is -1.92. The Morgan fingerprint density at radius 2 is 2.23 bits per heavy atom. The summed E-state index contributed by atoms with van der Waals surface area (Å²) in [6.07, 6.45) is 3.33. The normalized spacial score (nSPS) is 10.6. The largest absolute Gasteiger partial charge is 0.424 e. The van der Waals surface area contributed by atoms with Crippen LogP contribution in [-0.2, 0) is 7.05 Å². The first-order valence-corrected chi connectivity index (χ1v) is 3.89. The van der Waals surface area contributed by atoms with E-state index >= 15 is 0 Å². The molecule has 0 aromatic carbocycles. The Labute approximate surface area is 75.2 Å². The summed E-state index contributed by atoms with van der Waals surface area (Å²) >= 11 is 0. The van der Waals surface area contributed by atoms with Crippen LogP contribution in [0.25, 0.3) is 11.3 Å². The van der Waals surface area contributed by atoms with Gasteiger partial charge in [0, 0.05) is 12.7 Å². The maximum absolute atomic E-state index is 5.37. The molecule has 2 aromatic heterocycles. The molecule has 2 rings (SSSR count). The second kappa shape index (κ2) is 2.62. The van der Waals surface area contributed by atoms with E-state index in [2.05, 4.69) is 10.1 Å². The van der Waals surface area contributed by atoms with Crippen molar-refractivity contribution < 1.29 is 4.42 Å². The molecule has 0 atom stereocenters. The first-order valence-electron chi connectivity index (χ1n) is 3.89. The number of nitrogens with zero attached hydrogens (tertiary/aromatic N) is 3. The van der Waals surface area contributed by atoms with Gasteiger partial charge < -0.3 is 10.2 Å². The summed E-state index contributed by atoms with van der Waals surface area (Å²) in [7, 11) is 1.87. The summed E-state index contributed by atoms with van der Waals surface area (Å²) in [5, 5.41) is 4.09. The minimum absolute atomic E-state index is 0.179. The zero-order chi connectivity index (χ0) is 9.42. The standard InChI is InChI=1S/C8H10N4O/c1-5-6(3-11-12(5)2)7-4-10-8(9)13-7/h3-4H,1-2H3,(H2,9,10). The summed E-state index contributed by atoms with van der Waals surface area (Å²) in [5.41, 5.74) is 7.31. The molecule has 0 amide bonds. The van der Waals surface area contributed by atoms with Crippen LogP contribution in [-0.4, -0.2) is 14.8 Å². The van der Waals surface area contributed by atoms with E-state index in [4.69, 9.17) is 10.2 Å². The molecule has 5 heteroatoms. The third-order valence-electron chi connectivity index (χ3n) is 2.02. The van der Waals surface area contributed by atoms with Crippen molar-refractivity contribution in [2.75, 3.05) is 5.73 Å². The van der Waals surface area contributed by atoms with Gasteiger partial charge in [0.2, 0.25) is 0 Å². The molecule has 5 nitrogen and oxygen atoms in total. The second-order valence-electron chi connectivity index (χ2n) is 2.83. The van der Waals surface area contributed by atoms with Gasteiger partial charge >= 0.3 is 0 Å². The monoisotopic (exact) mass is 178 g/mol. The number of nitrogens with two attached hydrogens (primary N) is 1. The van der Waals surface area contributed by atoms with Crippen LogP contribution in [0.3, 0.4) is 0 Å². The topological polar surface area (TPSA) is 69.9 Å². The molecule has 0 unspecified atom stereocenters. The van der Waals surface area contributed by atoms with E-state index in [1.807, 2.05) is 14.0 Å². The Bertz CT molecular complexity index is 429. The number of anilines is 1. The van der Waals surface area contributed by atoms with Gasteiger partial charge in [-0.1, -0.05) is 0 Å². The summed E-state index contributed by atoms with van der Waals surface area (Å²) < 4.78 is 6.95. The molecular formula is C8H10N4O. The minimum Gasteiger partial charge on any atom is -0.424 e. The van der Waals surface area contributed by atoms with Crippen molar-refractivity contribution in [2.24, 2.45) is 7.05 Å². The Hall–Kier alpha value is -1.78. The Morgan fingerprint density at radius 3 is 2.69 bits per heavy atom. The predicted molar refractivity (Wildman–Crippen MR) is 47.9 cm³/mol. The Kier molecular flexibility index (Phi) is 1.58. The van der Waals surface area contributed by atoms with Crippen LogP contribution in [0.15, 0.2) is 16.8 Å². The number of hydrogen-bond acceptors (Lipinski definition) is 4. The molecule has 0 saturated heterocycles. The van der Waals surface area contributed by atoms with Crippen molar-refractivity contribution >= 4 is 6.01 Å². The van der Waals surface area contributed by atoms with Crippen LogP contribution < -0.4 is 5.73 Å². The molecule has 2 aromatic rings. The number of aryl methyl sites for hydroxylation is 1. The van der Waals surface area contributed by atoms with Crippen LogP contribution in [0.4, 0.5) is 6.01 Å². The number of oxazole rings is 1. The number of nitrogen functional groups attached to an aromatic ring is 1. The molecule has 0 bridgehead atoms. The first-order chi connectivity index (χ1) is 6.18. The molecule has 0 radical (unpaired) electrons. The van der Waals surface area contributed by atoms with Gasteiger partial charge in [-0.05, 0) is 6.92 Å². The van der Waals surface area contributed by atoms with Crippen LogP contribution in [0, 0.1) is 6.92 Å². The average molecular weight is 178 g/mol. The maximum atomic E-state index is 5.37. The van der Waals surface area contributed by atoms with E-state index in [0.717, 1.165) is 11.3 Å². The van der Waals surface area contributed by atoms with Gasteiger partial charge in [-0.2, -0.15) is 5.10 Å². The highest BCUT2D eigenvalue weighted by Crippen LogP contribution is 2.23. The van der Waals surface area contributed by atoms with Gasteiger partial charge in [-0.15, -0.1) is 0 Å². The van der Waals surface area contributed by atoms with E-state index < -0.39 is 0 Å². The van der Waals surface area contributed by atoms with Gasteiger partial charge in [-0.3, -0.25) is 4.68 Å². The Morgan fingerprint density at radius 1 is 1.46 bits per heavy atom. The van der Waals surface area contributed by atoms with Crippen LogP contribution >= 0.6 is 0 Å². The molecule has 68 valence electrons. The SMILES string of the molecule is Cc1c(-c2cnc(N)o2)cnn1C. The highest BCUT2D eigenvalue weighted by Gasteiger charge is 2.10. The first kappa shape index (κ1) is 7.85. The van der Waals surface area contributed by atoms with Crippen molar-refractivity contribution in [3.63, 3.8) is 0 Å². The second-order valence-corrected chi connectivity index (χ2v) is 2.83. The number of hydrogen-bond donors (Lipinski definition) is 1. The van der Waals surface area contributed by atoms with Gasteiger partial charge in [0.15, 0.2) is 5.76 Å². The molecule has 2 N–H and O–H groups in total. The van der Waals surface area contributed by atoms with Crippen LogP contribution in [0.2, 0.25) is 0 Å². The fraction of sp³-hybridized carbons (Fsp3) is 0.250. The zero-order valence-electron chi connectivity index (χ0n) is 7.48. The van der Waals surface area contributed by atoms with Crippen molar-refractivity contribution in [3.8, 4) is 11.3 Å². The third-order valence-corrected chi connectivity index (χ3v) is 2.02. The Balaban J connectivity index is 2.52. The molecule has 0 saturated carbocycles. The van der Waals surface area contributed by atoms with Crippen molar-refractivity contribution in [1.82, 2.24) is 14.8 Å². The lowest BCUT2D eigenvalue weighted by molar-refractivity contribution is 0.594. The van der Waals surface area contributed by atoms with Gasteiger partial charge in [0.05, 0.1) is 18.0 Å². The lowest BCUT2D eigenvalue weighted by Gasteiger charge is -1.94.